The van der Waals surface area contributed by atoms with Crippen LogP contribution in [0.25, 0.3) is 0 Å². The fourth-order valence-corrected chi connectivity index (χ4v) is 2.54. The molecule has 84 valence electrons. The first-order valence-corrected chi connectivity index (χ1v) is 5.95. The van der Waals surface area contributed by atoms with Gasteiger partial charge in [0.05, 0.1) is 11.3 Å². The van der Waals surface area contributed by atoms with Crippen LogP contribution >= 0.6 is 0 Å². The lowest BCUT2D eigenvalue weighted by atomic mass is 10.1. The number of sulfonamides is 1. The second-order valence-corrected chi connectivity index (χ2v) is 5.07. The molecule has 0 saturated heterocycles. The molecule has 1 aromatic rings. The highest BCUT2D eigenvalue weighted by atomic mass is 32.2. The lowest BCUT2D eigenvalue weighted by Gasteiger charge is -2.17. The molecule has 0 bridgehead atoms. The van der Waals surface area contributed by atoms with Crippen LogP contribution < -0.4 is 4.72 Å². The van der Waals surface area contributed by atoms with Crippen LogP contribution in [0.1, 0.15) is 20.7 Å². The van der Waals surface area contributed by atoms with E-state index in [-0.39, 0.29) is 16.8 Å². The molecule has 2 N–H and O–H groups in total. The topological polar surface area (TPSA) is 101 Å². The van der Waals surface area contributed by atoms with Gasteiger partial charge < -0.3 is 5.11 Å². The Bertz CT molecular complexity index is 590. The third kappa shape index (κ3) is 1.76. The minimum atomic E-state index is -3.68. The number of hydrogen-bond donors (Lipinski definition) is 2. The van der Waals surface area contributed by atoms with Gasteiger partial charge in [-0.05, 0) is 18.2 Å². The molecule has 1 aliphatic rings. The number of anilines is 1. The molecular formula is C9H7NO5S. The summed E-state index contributed by atoms with van der Waals surface area (Å²) in [4.78, 5) is 22.1. The highest BCUT2D eigenvalue weighted by molar-refractivity contribution is 7.93. The fraction of sp³-hybridized carbons (Fsp3) is 0.111. The predicted octanol–water partition coefficient (Wildman–Crippen LogP) is 0.323. The van der Waals surface area contributed by atoms with Crippen molar-refractivity contribution in [2.45, 2.75) is 0 Å². The van der Waals surface area contributed by atoms with E-state index in [1.165, 1.54) is 12.1 Å². The van der Waals surface area contributed by atoms with Crippen LogP contribution in [0.5, 0.6) is 0 Å². The van der Waals surface area contributed by atoms with Gasteiger partial charge in [-0.3, -0.25) is 9.52 Å². The number of carboxylic acids is 1. The molecule has 2 rings (SSSR count). The number of ketones is 1. The first-order valence-electron chi connectivity index (χ1n) is 4.30. The van der Waals surface area contributed by atoms with E-state index in [1.807, 2.05) is 0 Å². The summed E-state index contributed by atoms with van der Waals surface area (Å²) in [7, 11) is -3.68. The molecule has 0 atom stereocenters. The van der Waals surface area contributed by atoms with E-state index in [4.69, 9.17) is 5.11 Å². The molecule has 0 unspecified atom stereocenters. The molecular weight excluding hydrogens is 234 g/mol. The third-order valence-corrected chi connectivity index (χ3v) is 3.33. The van der Waals surface area contributed by atoms with Gasteiger partial charge in [0.1, 0.15) is 5.75 Å². The maximum atomic E-state index is 11.4. The minimum absolute atomic E-state index is 0.0242. The molecule has 7 heteroatoms. The van der Waals surface area contributed by atoms with Crippen LogP contribution in [0.15, 0.2) is 18.2 Å². The molecule has 6 nitrogen and oxygen atoms in total. The Labute approximate surface area is 90.9 Å². The zero-order chi connectivity index (χ0) is 11.9. The molecule has 1 aromatic carbocycles. The molecule has 0 fully saturated rings. The van der Waals surface area contributed by atoms with Crippen molar-refractivity contribution < 1.29 is 23.1 Å². The van der Waals surface area contributed by atoms with Crippen LogP contribution in [-0.2, 0) is 10.0 Å². The van der Waals surface area contributed by atoms with Crippen molar-refractivity contribution >= 4 is 27.5 Å². The van der Waals surface area contributed by atoms with Gasteiger partial charge in [-0.1, -0.05) is 0 Å². The number of Topliss-reactive ketones (excluding diaryl/α,β-unsaturated/α-hetero) is 1. The zero-order valence-electron chi connectivity index (χ0n) is 7.93. The van der Waals surface area contributed by atoms with Gasteiger partial charge in [0.25, 0.3) is 0 Å². The Morgan fingerprint density at radius 3 is 2.69 bits per heavy atom. The highest BCUT2D eigenvalue weighted by Gasteiger charge is 2.27. The van der Waals surface area contributed by atoms with Crippen molar-refractivity contribution in [3.05, 3.63) is 29.3 Å². The molecule has 0 saturated carbocycles. The van der Waals surface area contributed by atoms with Crippen LogP contribution in [0.2, 0.25) is 0 Å². The molecule has 1 aliphatic heterocycles. The Balaban J connectivity index is 2.59. The summed E-state index contributed by atoms with van der Waals surface area (Å²) in [5.74, 6) is -2.32. The summed E-state index contributed by atoms with van der Waals surface area (Å²) in [5, 5.41) is 8.72. The number of fused-ring (bicyclic) bond motifs is 1. The first-order chi connectivity index (χ1) is 7.39. The highest BCUT2D eigenvalue weighted by Crippen LogP contribution is 2.24. The summed E-state index contributed by atoms with van der Waals surface area (Å²) in [6, 6.07) is 3.70. The lowest BCUT2D eigenvalue weighted by molar-refractivity contribution is 0.0696. The quantitative estimate of drug-likeness (QED) is 0.737. The Hall–Kier alpha value is -1.89. The maximum absolute atomic E-state index is 11.4. The molecule has 0 spiro atoms. The van der Waals surface area contributed by atoms with Crippen molar-refractivity contribution in [3.8, 4) is 0 Å². The van der Waals surface area contributed by atoms with E-state index in [1.54, 1.807) is 0 Å². The minimum Gasteiger partial charge on any atom is -0.478 e. The number of aromatic carboxylic acids is 1. The Kier molecular flexibility index (Phi) is 2.20. The van der Waals surface area contributed by atoms with Crippen molar-refractivity contribution in [1.82, 2.24) is 0 Å². The second-order valence-electron chi connectivity index (χ2n) is 3.35. The SMILES string of the molecule is O=C(O)c1ccc2c(c1)NS(=O)(=O)CC2=O. The Morgan fingerprint density at radius 1 is 1.38 bits per heavy atom. The normalized spacial score (nSPS) is 17.4. The largest absolute Gasteiger partial charge is 0.478 e. The van der Waals surface area contributed by atoms with E-state index >= 15 is 0 Å². The average Bonchev–Trinajstić information content (AvgIpc) is 2.14. The van der Waals surface area contributed by atoms with Crippen LogP contribution in [0.3, 0.4) is 0 Å². The summed E-state index contributed by atoms with van der Waals surface area (Å²) in [6.07, 6.45) is 0. The van der Waals surface area contributed by atoms with Crippen molar-refractivity contribution in [2.75, 3.05) is 10.5 Å². The van der Waals surface area contributed by atoms with Crippen LogP contribution in [0, 0.1) is 0 Å². The second kappa shape index (κ2) is 3.31. The predicted molar refractivity (Wildman–Crippen MR) is 55.1 cm³/mol. The zero-order valence-corrected chi connectivity index (χ0v) is 8.74. The van der Waals surface area contributed by atoms with E-state index in [2.05, 4.69) is 4.72 Å². The number of carboxylic acid groups (broad SMARTS) is 1. The number of benzene rings is 1. The molecule has 0 radical (unpaired) electrons. The number of hydrogen-bond acceptors (Lipinski definition) is 4. The van der Waals surface area contributed by atoms with Crippen molar-refractivity contribution in [1.29, 1.82) is 0 Å². The van der Waals surface area contributed by atoms with Crippen LogP contribution in [0.4, 0.5) is 5.69 Å². The van der Waals surface area contributed by atoms with Gasteiger partial charge in [-0.15, -0.1) is 0 Å². The van der Waals surface area contributed by atoms with Crippen molar-refractivity contribution in [3.63, 3.8) is 0 Å². The van der Waals surface area contributed by atoms with E-state index in [9.17, 15) is 18.0 Å². The molecule has 0 aliphatic carbocycles. The third-order valence-electron chi connectivity index (χ3n) is 2.15. The van der Waals surface area contributed by atoms with Gasteiger partial charge in [-0.25, -0.2) is 13.2 Å². The van der Waals surface area contributed by atoms with Gasteiger partial charge >= 0.3 is 5.97 Å². The van der Waals surface area contributed by atoms with Gasteiger partial charge in [0.2, 0.25) is 10.0 Å². The monoisotopic (exact) mass is 241 g/mol. The first kappa shape index (κ1) is 10.6. The van der Waals surface area contributed by atoms with Gasteiger partial charge in [-0.2, -0.15) is 0 Å². The maximum Gasteiger partial charge on any atom is 0.335 e. The lowest BCUT2D eigenvalue weighted by Crippen LogP contribution is -2.29. The Morgan fingerprint density at radius 2 is 2.06 bits per heavy atom. The number of carbonyl (C=O) groups excluding carboxylic acids is 1. The van der Waals surface area contributed by atoms with E-state index in [0.29, 0.717) is 0 Å². The summed E-state index contributed by atoms with van der Waals surface area (Å²) < 4.78 is 24.6. The molecule has 0 aromatic heterocycles. The number of carbonyl (C=O) groups is 2. The standard InChI is InChI=1S/C9H7NO5S/c11-8-4-16(14,15)10-7-3-5(9(12)13)1-2-6(7)8/h1-3,10H,4H2,(H,12,13). The van der Waals surface area contributed by atoms with Crippen LogP contribution in [-0.4, -0.2) is 31.0 Å². The average molecular weight is 241 g/mol. The van der Waals surface area contributed by atoms with Gasteiger partial charge in [0.15, 0.2) is 5.78 Å². The van der Waals surface area contributed by atoms with Gasteiger partial charge in [0, 0.05) is 5.56 Å². The summed E-state index contributed by atoms with van der Waals surface area (Å²) in [6.45, 7) is 0. The molecule has 16 heavy (non-hydrogen) atoms. The number of rotatable bonds is 1. The smallest absolute Gasteiger partial charge is 0.335 e. The molecule has 0 amide bonds. The van der Waals surface area contributed by atoms with E-state index in [0.717, 1.165) is 6.07 Å². The fourth-order valence-electron chi connectivity index (χ4n) is 1.46. The number of nitrogens with one attached hydrogen (secondary N) is 1. The van der Waals surface area contributed by atoms with Crippen molar-refractivity contribution in [2.24, 2.45) is 0 Å². The summed E-state index contributed by atoms with van der Waals surface area (Å²) >= 11 is 0. The summed E-state index contributed by atoms with van der Waals surface area (Å²) in [5.41, 5.74) is 0.145. The van der Waals surface area contributed by atoms with E-state index < -0.39 is 27.5 Å². The molecule has 1 heterocycles.